The molecule has 0 saturated carbocycles. The van der Waals surface area contributed by atoms with E-state index in [1.54, 1.807) is 13.0 Å². The zero-order valence-electron chi connectivity index (χ0n) is 5.63. The highest BCUT2D eigenvalue weighted by Crippen LogP contribution is 2.02. The van der Waals surface area contributed by atoms with Crippen LogP contribution in [0, 0.1) is 0 Å². The van der Waals surface area contributed by atoms with Gasteiger partial charge < -0.3 is 10.8 Å². The smallest absolute Gasteiger partial charge is 0.0611 e. The van der Waals surface area contributed by atoms with Crippen molar-refractivity contribution in [3.05, 3.63) is 12.7 Å². The summed E-state index contributed by atoms with van der Waals surface area (Å²) < 4.78 is 0. The van der Waals surface area contributed by atoms with Crippen molar-refractivity contribution >= 4 is 12.4 Å². The molecule has 3 heteroatoms. The molecule has 9 heavy (non-hydrogen) atoms. The van der Waals surface area contributed by atoms with Gasteiger partial charge in [0.25, 0.3) is 0 Å². The van der Waals surface area contributed by atoms with Crippen molar-refractivity contribution in [2.75, 3.05) is 6.61 Å². The molecule has 1 atom stereocenters. The molecule has 3 N–H and O–H groups in total. The largest absolute Gasteiger partial charge is 0.394 e. The van der Waals surface area contributed by atoms with E-state index in [1.165, 1.54) is 0 Å². The van der Waals surface area contributed by atoms with Crippen molar-refractivity contribution in [3.8, 4) is 0 Å². The van der Waals surface area contributed by atoms with Crippen molar-refractivity contribution in [3.63, 3.8) is 0 Å². The summed E-state index contributed by atoms with van der Waals surface area (Å²) in [6.07, 6.45) is 2.36. The Morgan fingerprint density at radius 3 is 2.33 bits per heavy atom. The molecule has 1 unspecified atom stereocenters. The third-order valence-corrected chi connectivity index (χ3v) is 0.972. The first kappa shape index (κ1) is 11.7. The topological polar surface area (TPSA) is 46.2 Å². The number of hydrogen-bond acceptors (Lipinski definition) is 2. The molecular formula is C6H14ClNO. The molecule has 2 nitrogen and oxygen atoms in total. The minimum atomic E-state index is -0.470. The highest BCUT2D eigenvalue weighted by Gasteiger charge is 2.13. The predicted molar refractivity (Wildman–Crippen MR) is 41.7 cm³/mol. The lowest BCUT2D eigenvalue weighted by molar-refractivity contribution is 0.210. The normalized spacial score (nSPS) is 15.4. The van der Waals surface area contributed by atoms with Crippen LogP contribution >= 0.6 is 12.4 Å². The molecular weight excluding hydrogens is 138 g/mol. The second-order valence-corrected chi connectivity index (χ2v) is 2.30. The van der Waals surface area contributed by atoms with E-state index in [9.17, 15) is 0 Å². The van der Waals surface area contributed by atoms with Crippen molar-refractivity contribution in [1.82, 2.24) is 0 Å². The lowest BCUT2D eigenvalue weighted by Crippen LogP contribution is -2.39. The Hall–Kier alpha value is -0.0500. The number of nitrogens with two attached hydrogens (primary N) is 1. The van der Waals surface area contributed by atoms with Crippen LogP contribution in [0.4, 0.5) is 0 Å². The van der Waals surface area contributed by atoms with Gasteiger partial charge in [-0.2, -0.15) is 0 Å². The van der Waals surface area contributed by atoms with E-state index in [2.05, 4.69) is 6.58 Å². The summed E-state index contributed by atoms with van der Waals surface area (Å²) in [5, 5.41) is 8.55. The molecule has 0 aromatic carbocycles. The summed E-state index contributed by atoms with van der Waals surface area (Å²) in [4.78, 5) is 0. The molecule has 0 rings (SSSR count). The molecule has 0 fully saturated rings. The van der Waals surface area contributed by atoms with Crippen LogP contribution in [0.3, 0.4) is 0 Å². The van der Waals surface area contributed by atoms with Crippen molar-refractivity contribution in [2.24, 2.45) is 5.73 Å². The maximum Gasteiger partial charge on any atom is 0.0611 e. The van der Waals surface area contributed by atoms with E-state index < -0.39 is 5.54 Å². The molecule has 0 aromatic rings. The van der Waals surface area contributed by atoms with Gasteiger partial charge in [0.2, 0.25) is 0 Å². The van der Waals surface area contributed by atoms with Crippen LogP contribution in [-0.2, 0) is 0 Å². The number of aliphatic hydroxyl groups is 1. The van der Waals surface area contributed by atoms with Crippen molar-refractivity contribution in [2.45, 2.75) is 18.9 Å². The molecule has 0 spiro atoms. The van der Waals surface area contributed by atoms with Gasteiger partial charge in [0, 0.05) is 5.54 Å². The van der Waals surface area contributed by atoms with Crippen LogP contribution < -0.4 is 5.73 Å². The summed E-state index contributed by atoms with van der Waals surface area (Å²) >= 11 is 0. The molecule has 0 saturated heterocycles. The maximum atomic E-state index is 8.55. The van der Waals surface area contributed by atoms with Crippen LogP contribution in [-0.4, -0.2) is 17.3 Å². The molecule has 0 radical (unpaired) electrons. The third kappa shape index (κ3) is 5.83. The van der Waals surface area contributed by atoms with E-state index >= 15 is 0 Å². The average molecular weight is 152 g/mol. The summed E-state index contributed by atoms with van der Waals surface area (Å²) in [6, 6.07) is 0. The number of halogens is 1. The molecule has 0 aliphatic heterocycles. The lowest BCUT2D eigenvalue weighted by atomic mass is 10.0. The fraction of sp³-hybridized carbons (Fsp3) is 0.667. The minimum Gasteiger partial charge on any atom is -0.394 e. The first-order valence-electron chi connectivity index (χ1n) is 2.63. The monoisotopic (exact) mass is 151 g/mol. The van der Waals surface area contributed by atoms with Crippen LogP contribution in [0.2, 0.25) is 0 Å². The fourth-order valence-electron chi connectivity index (χ4n) is 0.394. The Balaban J connectivity index is 0. The minimum absolute atomic E-state index is 0. The third-order valence-electron chi connectivity index (χ3n) is 0.972. The second-order valence-electron chi connectivity index (χ2n) is 2.30. The first-order chi connectivity index (χ1) is 3.62. The summed E-state index contributed by atoms with van der Waals surface area (Å²) in [6.45, 7) is 5.30. The zero-order valence-corrected chi connectivity index (χ0v) is 6.45. The Morgan fingerprint density at radius 2 is 2.22 bits per heavy atom. The fourth-order valence-corrected chi connectivity index (χ4v) is 0.394. The Bertz CT molecular complexity index is 83.1. The van der Waals surface area contributed by atoms with Crippen LogP contribution in [0.15, 0.2) is 12.7 Å². The Kier molecular flexibility index (Phi) is 6.24. The van der Waals surface area contributed by atoms with Gasteiger partial charge in [0.05, 0.1) is 6.61 Å². The predicted octanol–water partition coefficient (Wildman–Crippen LogP) is 0.694. The van der Waals surface area contributed by atoms with E-state index in [-0.39, 0.29) is 19.0 Å². The molecule has 0 bridgehead atoms. The molecule has 0 amide bonds. The van der Waals surface area contributed by atoms with Gasteiger partial charge in [-0.15, -0.1) is 19.0 Å². The first-order valence-corrected chi connectivity index (χ1v) is 2.63. The number of rotatable bonds is 3. The summed E-state index contributed by atoms with van der Waals surface area (Å²) in [5.74, 6) is 0. The Labute approximate surface area is 62.2 Å². The molecule has 0 heterocycles. The quantitative estimate of drug-likeness (QED) is 0.584. The van der Waals surface area contributed by atoms with Gasteiger partial charge in [0.15, 0.2) is 0 Å². The highest BCUT2D eigenvalue weighted by atomic mass is 35.5. The molecule has 0 aliphatic carbocycles. The molecule has 0 aromatic heterocycles. The average Bonchev–Trinajstić information content (AvgIpc) is 1.67. The number of hydrogen-bond donors (Lipinski definition) is 2. The van der Waals surface area contributed by atoms with Crippen molar-refractivity contribution < 1.29 is 5.11 Å². The summed E-state index contributed by atoms with van der Waals surface area (Å²) in [7, 11) is 0. The van der Waals surface area contributed by atoms with Gasteiger partial charge in [-0.3, -0.25) is 0 Å². The van der Waals surface area contributed by atoms with Gasteiger partial charge in [-0.05, 0) is 13.3 Å². The van der Waals surface area contributed by atoms with E-state index in [4.69, 9.17) is 10.8 Å². The SMILES string of the molecule is C=CCC(C)(N)CO.Cl. The zero-order chi connectivity index (χ0) is 6.62. The van der Waals surface area contributed by atoms with E-state index in [0.717, 1.165) is 0 Å². The van der Waals surface area contributed by atoms with Gasteiger partial charge in [0.1, 0.15) is 0 Å². The standard InChI is InChI=1S/C6H13NO.ClH/c1-3-4-6(2,7)5-8;/h3,8H,1,4-5,7H2,2H3;1H. The molecule has 0 aliphatic rings. The van der Waals surface area contributed by atoms with E-state index in [0.29, 0.717) is 6.42 Å². The lowest BCUT2D eigenvalue weighted by Gasteiger charge is -2.18. The van der Waals surface area contributed by atoms with Crippen LogP contribution in [0.1, 0.15) is 13.3 Å². The van der Waals surface area contributed by atoms with Gasteiger partial charge in [-0.1, -0.05) is 6.08 Å². The second kappa shape index (κ2) is 4.79. The van der Waals surface area contributed by atoms with Gasteiger partial charge in [-0.25, -0.2) is 0 Å². The number of aliphatic hydroxyl groups excluding tert-OH is 1. The summed E-state index contributed by atoms with van der Waals surface area (Å²) in [5.41, 5.74) is 5.03. The Morgan fingerprint density at radius 1 is 1.78 bits per heavy atom. The highest BCUT2D eigenvalue weighted by molar-refractivity contribution is 5.85. The van der Waals surface area contributed by atoms with E-state index in [1.807, 2.05) is 0 Å². The van der Waals surface area contributed by atoms with Gasteiger partial charge >= 0.3 is 0 Å². The molecule has 56 valence electrons. The van der Waals surface area contributed by atoms with Crippen LogP contribution in [0.25, 0.3) is 0 Å². The maximum absolute atomic E-state index is 8.55. The van der Waals surface area contributed by atoms with Crippen molar-refractivity contribution in [1.29, 1.82) is 0 Å². The van der Waals surface area contributed by atoms with Crippen LogP contribution in [0.5, 0.6) is 0 Å².